The number of carbonyl (C=O) groups excluding carboxylic acids is 1. The molecule has 0 saturated carbocycles. The molecule has 0 aliphatic carbocycles. The summed E-state index contributed by atoms with van der Waals surface area (Å²) in [5, 5.41) is 0. The van der Waals surface area contributed by atoms with Crippen LogP contribution in [0.3, 0.4) is 0 Å². The summed E-state index contributed by atoms with van der Waals surface area (Å²) in [7, 11) is 0. The van der Waals surface area contributed by atoms with E-state index in [0.29, 0.717) is 17.9 Å². The average molecular weight is 402 g/mol. The number of aromatic nitrogens is 2. The van der Waals surface area contributed by atoms with Crippen LogP contribution in [0.25, 0.3) is 0 Å². The fourth-order valence-corrected chi connectivity index (χ4v) is 5.44. The summed E-state index contributed by atoms with van der Waals surface area (Å²) in [6.07, 6.45) is 11.1. The molecule has 0 aromatic carbocycles. The number of nitrogens with zero attached hydrogens (tertiary/aromatic N) is 5. The first-order valence-corrected chi connectivity index (χ1v) is 11.8. The number of imidazole rings is 1. The molecule has 0 spiro atoms. The van der Waals surface area contributed by atoms with Gasteiger partial charge in [-0.1, -0.05) is 13.8 Å². The molecular weight excluding hydrogens is 362 g/mol. The van der Waals surface area contributed by atoms with Crippen molar-refractivity contribution in [3.05, 3.63) is 18.2 Å². The molecule has 0 N–H and O–H groups in total. The maximum atomic E-state index is 12.8. The van der Waals surface area contributed by atoms with Crippen molar-refractivity contribution >= 4 is 5.91 Å². The minimum absolute atomic E-state index is 0.241. The fourth-order valence-electron chi connectivity index (χ4n) is 5.44. The summed E-state index contributed by atoms with van der Waals surface area (Å²) in [4.78, 5) is 24.6. The number of carbonyl (C=O) groups is 1. The maximum absolute atomic E-state index is 12.8. The van der Waals surface area contributed by atoms with Crippen LogP contribution in [0, 0.1) is 11.8 Å². The molecule has 3 fully saturated rings. The summed E-state index contributed by atoms with van der Waals surface area (Å²) in [6, 6.07) is 0.654. The number of rotatable bonds is 6. The standard InChI is InChI=1S/C23H39N5O/c1-19(2)15-28-18-24-14-22(28)17-25-12-7-21(8-13-25)27-11-5-6-20(16-27)23(29)26-9-3-4-10-26/h14,18-21H,3-13,15-17H2,1-2H3/t20-/m1/s1. The summed E-state index contributed by atoms with van der Waals surface area (Å²) in [6.45, 7) is 13.0. The first-order chi connectivity index (χ1) is 14.1. The molecule has 1 atom stereocenters. The van der Waals surface area contributed by atoms with E-state index in [1.54, 1.807) is 0 Å². The molecule has 0 unspecified atom stereocenters. The SMILES string of the molecule is CC(C)Cn1cncc1CN1CCC(N2CCC[C@@H](C(=O)N3CCCC3)C2)CC1. The van der Waals surface area contributed by atoms with E-state index in [1.165, 1.54) is 44.3 Å². The van der Waals surface area contributed by atoms with Gasteiger partial charge in [-0.15, -0.1) is 0 Å². The highest BCUT2D eigenvalue weighted by atomic mass is 16.2. The summed E-state index contributed by atoms with van der Waals surface area (Å²) < 4.78 is 2.32. The fraction of sp³-hybridized carbons (Fsp3) is 0.826. The molecule has 3 saturated heterocycles. The van der Waals surface area contributed by atoms with Crippen LogP contribution >= 0.6 is 0 Å². The van der Waals surface area contributed by atoms with Crippen LogP contribution in [-0.4, -0.2) is 75.5 Å². The Balaban J connectivity index is 1.26. The second-order valence-electron chi connectivity index (χ2n) is 9.80. The van der Waals surface area contributed by atoms with Crippen molar-refractivity contribution in [2.45, 2.75) is 71.5 Å². The van der Waals surface area contributed by atoms with E-state index in [4.69, 9.17) is 0 Å². The number of likely N-dealkylation sites (tertiary alicyclic amines) is 3. The van der Waals surface area contributed by atoms with Gasteiger partial charge in [-0.05, 0) is 51.0 Å². The van der Waals surface area contributed by atoms with E-state index < -0.39 is 0 Å². The Labute approximate surface area is 176 Å². The molecule has 29 heavy (non-hydrogen) atoms. The van der Waals surface area contributed by atoms with Crippen LogP contribution in [0.4, 0.5) is 0 Å². The third-order valence-electron chi connectivity index (χ3n) is 7.04. The van der Waals surface area contributed by atoms with Gasteiger partial charge >= 0.3 is 0 Å². The van der Waals surface area contributed by atoms with E-state index in [2.05, 4.69) is 38.1 Å². The second-order valence-corrected chi connectivity index (χ2v) is 9.80. The first-order valence-electron chi connectivity index (χ1n) is 11.8. The minimum atomic E-state index is 0.241. The highest BCUT2D eigenvalue weighted by molar-refractivity contribution is 5.79. The van der Waals surface area contributed by atoms with E-state index in [1.807, 2.05) is 12.5 Å². The zero-order chi connectivity index (χ0) is 20.2. The van der Waals surface area contributed by atoms with Gasteiger partial charge in [-0.25, -0.2) is 4.98 Å². The van der Waals surface area contributed by atoms with Crippen molar-refractivity contribution in [3.63, 3.8) is 0 Å². The lowest BCUT2D eigenvalue weighted by molar-refractivity contribution is -0.136. The minimum Gasteiger partial charge on any atom is -0.342 e. The lowest BCUT2D eigenvalue weighted by atomic mass is 9.93. The Kier molecular flexibility index (Phi) is 6.91. The molecule has 3 aliphatic rings. The van der Waals surface area contributed by atoms with E-state index in [-0.39, 0.29) is 5.92 Å². The smallest absolute Gasteiger partial charge is 0.226 e. The molecule has 4 heterocycles. The third-order valence-corrected chi connectivity index (χ3v) is 7.04. The Morgan fingerprint density at radius 3 is 2.55 bits per heavy atom. The van der Waals surface area contributed by atoms with Gasteiger partial charge in [0.15, 0.2) is 0 Å². The lowest BCUT2D eigenvalue weighted by Gasteiger charge is -2.42. The van der Waals surface area contributed by atoms with Crippen molar-refractivity contribution in [1.82, 2.24) is 24.3 Å². The van der Waals surface area contributed by atoms with Crippen molar-refractivity contribution in [2.24, 2.45) is 11.8 Å². The Morgan fingerprint density at radius 1 is 1.07 bits per heavy atom. The third kappa shape index (κ3) is 5.21. The van der Waals surface area contributed by atoms with Crippen LogP contribution in [-0.2, 0) is 17.9 Å². The monoisotopic (exact) mass is 401 g/mol. The van der Waals surface area contributed by atoms with Gasteiger partial charge in [-0.2, -0.15) is 0 Å². The Bertz CT molecular complexity index is 658. The predicted octanol–water partition coefficient (Wildman–Crippen LogP) is 2.84. The zero-order valence-electron chi connectivity index (χ0n) is 18.4. The molecular formula is C23H39N5O. The van der Waals surface area contributed by atoms with Crippen molar-refractivity contribution in [3.8, 4) is 0 Å². The molecule has 6 heteroatoms. The predicted molar refractivity (Wildman–Crippen MR) is 115 cm³/mol. The molecule has 0 bridgehead atoms. The molecule has 6 nitrogen and oxygen atoms in total. The molecule has 1 amide bonds. The van der Waals surface area contributed by atoms with Crippen LogP contribution < -0.4 is 0 Å². The van der Waals surface area contributed by atoms with Crippen molar-refractivity contribution in [1.29, 1.82) is 0 Å². The average Bonchev–Trinajstić information content (AvgIpc) is 3.40. The second kappa shape index (κ2) is 9.61. The van der Waals surface area contributed by atoms with E-state index in [0.717, 1.165) is 52.2 Å². The zero-order valence-corrected chi connectivity index (χ0v) is 18.4. The van der Waals surface area contributed by atoms with Gasteiger partial charge in [0.1, 0.15) is 0 Å². The first kappa shape index (κ1) is 20.9. The van der Waals surface area contributed by atoms with Gasteiger partial charge in [0.2, 0.25) is 5.91 Å². The quantitative estimate of drug-likeness (QED) is 0.735. The highest BCUT2D eigenvalue weighted by Crippen LogP contribution is 2.26. The van der Waals surface area contributed by atoms with E-state index >= 15 is 0 Å². The Hall–Kier alpha value is -1.40. The molecule has 1 aromatic heterocycles. The summed E-state index contributed by atoms with van der Waals surface area (Å²) in [5.41, 5.74) is 1.34. The van der Waals surface area contributed by atoms with Crippen LogP contribution in [0.2, 0.25) is 0 Å². The van der Waals surface area contributed by atoms with Gasteiger partial charge in [0.05, 0.1) is 17.9 Å². The number of hydrogen-bond donors (Lipinski definition) is 0. The molecule has 1 aromatic rings. The van der Waals surface area contributed by atoms with Gasteiger partial charge < -0.3 is 9.47 Å². The van der Waals surface area contributed by atoms with Gasteiger partial charge in [0.25, 0.3) is 0 Å². The maximum Gasteiger partial charge on any atom is 0.226 e. The topological polar surface area (TPSA) is 44.6 Å². The van der Waals surface area contributed by atoms with E-state index in [9.17, 15) is 4.79 Å². The lowest BCUT2D eigenvalue weighted by Crippen LogP contribution is -2.51. The van der Waals surface area contributed by atoms with Crippen LogP contribution in [0.5, 0.6) is 0 Å². The normalized spacial score (nSPS) is 25.2. The summed E-state index contributed by atoms with van der Waals surface area (Å²) in [5.74, 6) is 1.32. The van der Waals surface area contributed by atoms with Gasteiger partial charge in [-0.3, -0.25) is 14.6 Å². The largest absolute Gasteiger partial charge is 0.342 e. The van der Waals surface area contributed by atoms with Crippen LogP contribution in [0.15, 0.2) is 12.5 Å². The van der Waals surface area contributed by atoms with Crippen molar-refractivity contribution < 1.29 is 4.79 Å². The molecule has 0 radical (unpaired) electrons. The summed E-state index contributed by atoms with van der Waals surface area (Å²) >= 11 is 0. The number of piperidine rings is 2. The van der Waals surface area contributed by atoms with Crippen LogP contribution in [0.1, 0.15) is 58.1 Å². The molecule has 3 aliphatic heterocycles. The Morgan fingerprint density at radius 2 is 1.83 bits per heavy atom. The number of hydrogen-bond acceptors (Lipinski definition) is 4. The molecule has 162 valence electrons. The van der Waals surface area contributed by atoms with Gasteiger partial charge in [0, 0.05) is 58.1 Å². The molecule has 4 rings (SSSR count). The number of amides is 1. The van der Waals surface area contributed by atoms with Crippen molar-refractivity contribution in [2.75, 3.05) is 39.3 Å². The highest BCUT2D eigenvalue weighted by Gasteiger charge is 2.34.